The van der Waals surface area contributed by atoms with Crippen LogP contribution in [-0.4, -0.2) is 6.54 Å². The Morgan fingerprint density at radius 3 is 2.90 bits per heavy atom. The summed E-state index contributed by atoms with van der Waals surface area (Å²) in [6.07, 6.45) is 0. The van der Waals surface area contributed by atoms with E-state index < -0.39 is 0 Å². The molecule has 0 aromatic carbocycles. The molecular weight excluding hydrogens is 166 g/mol. The molecule has 1 heterocycles. The standard InChI is InChI=1S/C7H11NS.ClH/c1-2-8-6-7-4-3-5-9-7;/h3-5,8H,2,6H2,1H3;1H. The third-order valence-corrected chi connectivity index (χ3v) is 2.01. The van der Waals surface area contributed by atoms with Crippen molar-refractivity contribution in [3.63, 3.8) is 0 Å². The first-order valence-corrected chi connectivity index (χ1v) is 4.04. The molecule has 0 saturated heterocycles. The molecule has 0 aliphatic heterocycles. The van der Waals surface area contributed by atoms with Crippen LogP contribution in [0.25, 0.3) is 0 Å². The van der Waals surface area contributed by atoms with Crippen LogP contribution >= 0.6 is 23.7 Å². The summed E-state index contributed by atoms with van der Waals surface area (Å²) in [6, 6.07) is 4.23. The van der Waals surface area contributed by atoms with Gasteiger partial charge < -0.3 is 5.32 Å². The largest absolute Gasteiger partial charge is 0.312 e. The first-order valence-electron chi connectivity index (χ1n) is 3.16. The minimum Gasteiger partial charge on any atom is -0.312 e. The molecule has 0 radical (unpaired) electrons. The number of rotatable bonds is 3. The first kappa shape index (κ1) is 9.95. The van der Waals surface area contributed by atoms with Crippen molar-refractivity contribution in [1.82, 2.24) is 5.32 Å². The van der Waals surface area contributed by atoms with Gasteiger partial charge >= 0.3 is 0 Å². The summed E-state index contributed by atoms with van der Waals surface area (Å²) >= 11 is 1.80. The molecule has 0 atom stereocenters. The Hall–Kier alpha value is -0.0500. The van der Waals surface area contributed by atoms with Gasteiger partial charge in [-0.15, -0.1) is 23.7 Å². The van der Waals surface area contributed by atoms with Crippen molar-refractivity contribution in [2.24, 2.45) is 0 Å². The van der Waals surface area contributed by atoms with E-state index in [0.717, 1.165) is 13.1 Å². The zero-order chi connectivity index (χ0) is 6.53. The molecule has 0 spiro atoms. The summed E-state index contributed by atoms with van der Waals surface area (Å²) in [4.78, 5) is 1.41. The number of hydrogen-bond acceptors (Lipinski definition) is 2. The van der Waals surface area contributed by atoms with Crippen molar-refractivity contribution in [2.75, 3.05) is 6.54 Å². The molecule has 3 heteroatoms. The first-order chi connectivity index (χ1) is 4.43. The fourth-order valence-electron chi connectivity index (χ4n) is 0.661. The summed E-state index contributed by atoms with van der Waals surface area (Å²) in [5.74, 6) is 0. The van der Waals surface area contributed by atoms with Gasteiger partial charge in [0.25, 0.3) is 0 Å². The van der Waals surface area contributed by atoms with Crippen molar-refractivity contribution in [3.05, 3.63) is 22.4 Å². The highest BCUT2D eigenvalue weighted by atomic mass is 35.5. The Morgan fingerprint density at radius 1 is 1.60 bits per heavy atom. The Kier molecular flexibility index (Phi) is 5.69. The number of thiophene rings is 1. The molecule has 0 fully saturated rings. The maximum absolute atomic E-state index is 3.26. The topological polar surface area (TPSA) is 12.0 Å². The molecule has 0 aliphatic carbocycles. The highest BCUT2D eigenvalue weighted by Gasteiger charge is 1.88. The van der Waals surface area contributed by atoms with Gasteiger partial charge in [0.2, 0.25) is 0 Å². The predicted octanol–water partition coefficient (Wildman–Crippen LogP) is 2.28. The average molecular weight is 178 g/mol. The summed E-state index contributed by atoms with van der Waals surface area (Å²) in [5, 5.41) is 5.36. The molecule has 0 bridgehead atoms. The molecule has 0 aliphatic rings. The molecular formula is C7H12ClNS. The second-order valence-corrected chi connectivity index (χ2v) is 2.89. The molecule has 0 amide bonds. The molecule has 1 N–H and O–H groups in total. The van der Waals surface area contributed by atoms with E-state index in [1.807, 2.05) is 0 Å². The monoisotopic (exact) mass is 177 g/mol. The van der Waals surface area contributed by atoms with Crippen LogP contribution in [0.4, 0.5) is 0 Å². The molecule has 0 unspecified atom stereocenters. The minimum absolute atomic E-state index is 0. The van der Waals surface area contributed by atoms with Gasteiger partial charge in [0, 0.05) is 11.4 Å². The normalized spacial score (nSPS) is 8.90. The molecule has 1 rings (SSSR count). The van der Waals surface area contributed by atoms with Gasteiger partial charge in [-0.1, -0.05) is 13.0 Å². The van der Waals surface area contributed by atoms with E-state index in [9.17, 15) is 0 Å². The van der Waals surface area contributed by atoms with Crippen LogP contribution in [0.15, 0.2) is 17.5 Å². The Labute approximate surface area is 71.9 Å². The van der Waals surface area contributed by atoms with E-state index >= 15 is 0 Å². The van der Waals surface area contributed by atoms with Gasteiger partial charge in [-0.3, -0.25) is 0 Å². The van der Waals surface area contributed by atoms with Crippen LogP contribution in [0.3, 0.4) is 0 Å². The molecule has 10 heavy (non-hydrogen) atoms. The summed E-state index contributed by atoms with van der Waals surface area (Å²) in [6.45, 7) is 4.19. The van der Waals surface area contributed by atoms with Gasteiger partial charge in [-0.05, 0) is 18.0 Å². The molecule has 1 aromatic rings. The quantitative estimate of drug-likeness (QED) is 0.747. The van der Waals surface area contributed by atoms with Crippen LogP contribution in [0, 0.1) is 0 Å². The lowest BCUT2D eigenvalue weighted by Gasteiger charge is -1.94. The average Bonchev–Trinajstić information content (AvgIpc) is 2.34. The third kappa shape index (κ3) is 3.20. The van der Waals surface area contributed by atoms with Gasteiger partial charge in [-0.25, -0.2) is 0 Å². The number of halogens is 1. The molecule has 58 valence electrons. The van der Waals surface area contributed by atoms with E-state index in [2.05, 4.69) is 29.8 Å². The summed E-state index contributed by atoms with van der Waals surface area (Å²) in [7, 11) is 0. The van der Waals surface area contributed by atoms with Crippen molar-refractivity contribution < 1.29 is 0 Å². The highest BCUT2D eigenvalue weighted by Crippen LogP contribution is 2.06. The lowest BCUT2D eigenvalue weighted by atomic mass is 10.4. The van der Waals surface area contributed by atoms with E-state index in [-0.39, 0.29) is 12.4 Å². The fraction of sp³-hybridized carbons (Fsp3) is 0.429. The van der Waals surface area contributed by atoms with Crippen LogP contribution in [-0.2, 0) is 6.54 Å². The maximum Gasteiger partial charge on any atom is 0.0299 e. The van der Waals surface area contributed by atoms with Gasteiger partial charge in [0.15, 0.2) is 0 Å². The SMILES string of the molecule is CCNCc1cccs1.Cl. The van der Waals surface area contributed by atoms with Crippen LogP contribution in [0.5, 0.6) is 0 Å². The third-order valence-electron chi connectivity index (χ3n) is 1.13. The van der Waals surface area contributed by atoms with Crippen LogP contribution in [0.2, 0.25) is 0 Å². The lowest BCUT2D eigenvalue weighted by molar-refractivity contribution is 0.735. The van der Waals surface area contributed by atoms with Crippen molar-refractivity contribution >= 4 is 23.7 Å². The highest BCUT2D eigenvalue weighted by molar-refractivity contribution is 7.09. The van der Waals surface area contributed by atoms with Crippen molar-refractivity contribution in [2.45, 2.75) is 13.5 Å². The summed E-state index contributed by atoms with van der Waals surface area (Å²) < 4.78 is 0. The minimum atomic E-state index is 0. The van der Waals surface area contributed by atoms with Crippen LogP contribution in [0.1, 0.15) is 11.8 Å². The van der Waals surface area contributed by atoms with Crippen LogP contribution < -0.4 is 5.32 Å². The summed E-state index contributed by atoms with van der Waals surface area (Å²) in [5.41, 5.74) is 0. The smallest absolute Gasteiger partial charge is 0.0299 e. The number of hydrogen-bond donors (Lipinski definition) is 1. The van der Waals surface area contributed by atoms with Crippen molar-refractivity contribution in [3.8, 4) is 0 Å². The van der Waals surface area contributed by atoms with Crippen molar-refractivity contribution in [1.29, 1.82) is 0 Å². The zero-order valence-corrected chi connectivity index (χ0v) is 7.60. The predicted molar refractivity (Wildman–Crippen MR) is 48.9 cm³/mol. The Balaban J connectivity index is 0.000000810. The fourth-order valence-corrected chi connectivity index (χ4v) is 1.34. The van der Waals surface area contributed by atoms with E-state index in [1.54, 1.807) is 11.3 Å². The Bertz CT molecular complexity index is 151. The maximum atomic E-state index is 3.26. The molecule has 0 saturated carbocycles. The van der Waals surface area contributed by atoms with E-state index in [0.29, 0.717) is 0 Å². The Morgan fingerprint density at radius 2 is 2.40 bits per heavy atom. The molecule has 1 aromatic heterocycles. The number of nitrogens with one attached hydrogen (secondary N) is 1. The van der Waals surface area contributed by atoms with Gasteiger partial charge in [-0.2, -0.15) is 0 Å². The van der Waals surface area contributed by atoms with E-state index in [1.165, 1.54) is 4.88 Å². The second-order valence-electron chi connectivity index (χ2n) is 1.86. The van der Waals surface area contributed by atoms with Gasteiger partial charge in [0.05, 0.1) is 0 Å². The van der Waals surface area contributed by atoms with Gasteiger partial charge in [0.1, 0.15) is 0 Å². The zero-order valence-electron chi connectivity index (χ0n) is 5.96. The molecule has 1 nitrogen and oxygen atoms in total. The lowest BCUT2D eigenvalue weighted by Crippen LogP contribution is -2.10. The van der Waals surface area contributed by atoms with E-state index in [4.69, 9.17) is 0 Å². The second kappa shape index (κ2) is 5.71.